The van der Waals surface area contributed by atoms with Crippen LogP contribution in [-0.4, -0.2) is 20.2 Å². The second kappa shape index (κ2) is 5.69. The number of piperidine rings is 1. The first-order valence-electron chi connectivity index (χ1n) is 5.93. The van der Waals surface area contributed by atoms with E-state index in [2.05, 4.69) is 5.32 Å². The van der Waals surface area contributed by atoms with E-state index in [1.807, 2.05) is 0 Å². The van der Waals surface area contributed by atoms with Gasteiger partial charge in [-0.1, -0.05) is 11.6 Å². The molecule has 94 valence electrons. The molecule has 1 aromatic carbocycles. The van der Waals surface area contributed by atoms with Gasteiger partial charge in [-0.05, 0) is 49.9 Å². The maximum atomic E-state index is 13.4. The Hall–Kier alpha value is -0.800. The molecule has 1 aromatic rings. The summed E-state index contributed by atoms with van der Waals surface area (Å²) in [5.41, 5.74) is 0.845. The minimum Gasteiger partial charge on any atom is -0.495 e. The first kappa shape index (κ1) is 12.7. The van der Waals surface area contributed by atoms with Crippen molar-refractivity contribution in [3.05, 3.63) is 28.5 Å². The normalized spacial score (nSPS) is 20.3. The molecule has 4 heteroatoms. The highest BCUT2D eigenvalue weighted by atomic mass is 35.5. The Morgan fingerprint density at radius 3 is 3.00 bits per heavy atom. The smallest absolute Gasteiger partial charge is 0.140 e. The summed E-state index contributed by atoms with van der Waals surface area (Å²) in [6.07, 6.45) is 3.15. The Balaban J connectivity index is 2.16. The molecule has 1 aliphatic rings. The Kier molecular flexibility index (Phi) is 4.24. The second-order valence-corrected chi connectivity index (χ2v) is 4.88. The van der Waals surface area contributed by atoms with E-state index in [4.69, 9.17) is 16.3 Å². The van der Waals surface area contributed by atoms with Crippen LogP contribution in [0.3, 0.4) is 0 Å². The minimum absolute atomic E-state index is 0.287. The van der Waals surface area contributed by atoms with Gasteiger partial charge in [0.25, 0.3) is 0 Å². The van der Waals surface area contributed by atoms with Crippen molar-refractivity contribution < 1.29 is 9.13 Å². The van der Waals surface area contributed by atoms with Crippen LogP contribution in [0.25, 0.3) is 0 Å². The summed E-state index contributed by atoms with van der Waals surface area (Å²) in [4.78, 5) is 0. The lowest BCUT2D eigenvalue weighted by atomic mass is 9.92. The zero-order valence-corrected chi connectivity index (χ0v) is 10.7. The number of rotatable bonds is 3. The number of ether oxygens (including phenoxy) is 1. The zero-order valence-electron chi connectivity index (χ0n) is 9.93. The van der Waals surface area contributed by atoms with Crippen molar-refractivity contribution in [1.29, 1.82) is 0 Å². The lowest BCUT2D eigenvalue weighted by molar-refractivity contribution is 0.374. The Morgan fingerprint density at radius 2 is 2.35 bits per heavy atom. The van der Waals surface area contributed by atoms with E-state index in [1.165, 1.54) is 32.1 Å². The SMILES string of the molecule is COc1cc(F)cc(CC2CCCNC2)c1Cl. The monoisotopic (exact) mass is 257 g/mol. The van der Waals surface area contributed by atoms with Gasteiger partial charge in [0.05, 0.1) is 12.1 Å². The van der Waals surface area contributed by atoms with E-state index < -0.39 is 0 Å². The summed E-state index contributed by atoms with van der Waals surface area (Å²) in [6.45, 7) is 2.06. The molecule has 17 heavy (non-hydrogen) atoms. The number of benzene rings is 1. The van der Waals surface area contributed by atoms with E-state index in [9.17, 15) is 4.39 Å². The van der Waals surface area contributed by atoms with Gasteiger partial charge in [-0.15, -0.1) is 0 Å². The maximum absolute atomic E-state index is 13.4. The number of hydrogen-bond donors (Lipinski definition) is 1. The highest BCUT2D eigenvalue weighted by Gasteiger charge is 2.17. The predicted molar refractivity (Wildman–Crippen MR) is 67.3 cm³/mol. The highest BCUT2D eigenvalue weighted by Crippen LogP contribution is 2.31. The standard InChI is InChI=1S/C13H17ClFNO/c1-17-12-7-11(15)6-10(13(12)14)5-9-3-2-4-16-8-9/h6-7,9,16H,2-5,8H2,1H3. The van der Waals surface area contributed by atoms with Gasteiger partial charge in [0, 0.05) is 6.07 Å². The van der Waals surface area contributed by atoms with Gasteiger partial charge in [-0.2, -0.15) is 0 Å². The highest BCUT2D eigenvalue weighted by molar-refractivity contribution is 6.32. The van der Waals surface area contributed by atoms with Crippen LogP contribution in [0.1, 0.15) is 18.4 Å². The topological polar surface area (TPSA) is 21.3 Å². The molecule has 0 amide bonds. The van der Waals surface area contributed by atoms with Crippen molar-refractivity contribution >= 4 is 11.6 Å². The van der Waals surface area contributed by atoms with Crippen LogP contribution in [0.4, 0.5) is 4.39 Å². The van der Waals surface area contributed by atoms with Gasteiger partial charge in [0.15, 0.2) is 0 Å². The molecule has 1 heterocycles. The Labute approximate surface area is 106 Å². The van der Waals surface area contributed by atoms with Crippen molar-refractivity contribution in [2.75, 3.05) is 20.2 Å². The van der Waals surface area contributed by atoms with E-state index in [-0.39, 0.29) is 5.82 Å². The van der Waals surface area contributed by atoms with Crippen LogP contribution in [0.15, 0.2) is 12.1 Å². The molecule has 0 aliphatic carbocycles. The Bertz CT molecular complexity index is 391. The average Bonchev–Trinajstić information content (AvgIpc) is 2.34. The van der Waals surface area contributed by atoms with Crippen LogP contribution in [0, 0.1) is 11.7 Å². The zero-order chi connectivity index (χ0) is 12.3. The van der Waals surface area contributed by atoms with Gasteiger partial charge in [0.1, 0.15) is 11.6 Å². The molecule has 0 saturated carbocycles. The third kappa shape index (κ3) is 3.11. The molecule has 1 unspecified atom stereocenters. The van der Waals surface area contributed by atoms with Crippen molar-refractivity contribution in [2.24, 2.45) is 5.92 Å². The molecule has 1 aliphatic heterocycles. The fourth-order valence-electron chi connectivity index (χ4n) is 2.32. The van der Waals surface area contributed by atoms with Gasteiger partial charge in [-0.25, -0.2) is 4.39 Å². The van der Waals surface area contributed by atoms with Crippen LogP contribution in [-0.2, 0) is 6.42 Å². The third-order valence-electron chi connectivity index (χ3n) is 3.21. The fourth-order valence-corrected chi connectivity index (χ4v) is 2.59. The summed E-state index contributed by atoms with van der Waals surface area (Å²) < 4.78 is 18.5. The molecule has 0 spiro atoms. The summed E-state index contributed by atoms with van der Waals surface area (Å²) in [5.74, 6) is 0.670. The van der Waals surface area contributed by atoms with E-state index in [0.29, 0.717) is 16.7 Å². The number of nitrogens with one attached hydrogen (secondary N) is 1. The van der Waals surface area contributed by atoms with E-state index in [0.717, 1.165) is 25.1 Å². The summed E-state index contributed by atoms with van der Waals surface area (Å²) >= 11 is 6.19. The van der Waals surface area contributed by atoms with E-state index >= 15 is 0 Å². The molecule has 1 atom stereocenters. The lowest BCUT2D eigenvalue weighted by Crippen LogP contribution is -2.30. The second-order valence-electron chi connectivity index (χ2n) is 4.50. The molecular weight excluding hydrogens is 241 g/mol. The lowest BCUT2D eigenvalue weighted by Gasteiger charge is -2.23. The Morgan fingerprint density at radius 1 is 1.53 bits per heavy atom. The quantitative estimate of drug-likeness (QED) is 0.899. The van der Waals surface area contributed by atoms with Gasteiger partial charge >= 0.3 is 0 Å². The number of hydrogen-bond acceptors (Lipinski definition) is 2. The molecule has 1 saturated heterocycles. The van der Waals surface area contributed by atoms with Crippen LogP contribution >= 0.6 is 11.6 Å². The summed E-state index contributed by atoms with van der Waals surface area (Å²) in [5, 5.41) is 3.89. The molecule has 0 aromatic heterocycles. The first-order chi connectivity index (χ1) is 8.20. The molecule has 1 fully saturated rings. The summed E-state index contributed by atoms with van der Waals surface area (Å²) in [6, 6.07) is 2.84. The van der Waals surface area contributed by atoms with Crippen molar-refractivity contribution in [1.82, 2.24) is 5.32 Å². The molecule has 1 N–H and O–H groups in total. The molecule has 2 nitrogen and oxygen atoms in total. The van der Waals surface area contributed by atoms with Crippen molar-refractivity contribution in [3.8, 4) is 5.75 Å². The van der Waals surface area contributed by atoms with Crippen LogP contribution in [0.5, 0.6) is 5.75 Å². The first-order valence-corrected chi connectivity index (χ1v) is 6.31. The van der Waals surface area contributed by atoms with Crippen molar-refractivity contribution in [2.45, 2.75) is 19.3 Å². The van der Waals surface area contributed by atoms with Gasteiger partial charge in [0.2, 0.25) is 0 Å². The third-order valence-corrected chi connectivity index (χ3v) is 3.64. The van der Waals surface area contributed by atoms with Crippen LogP contribution in [0.2, 0.25) is 5.02 Å². The molecular formula is C13H17ClFNO. The largest absolute Gasteiger partial charge is 0.495 e. The molecule has 0 bridgehead atoms. The van der Waals surface area contributed by atoms with Gasteiger partial charge in [-0.3, -0.25) is 0 Å². The molecule has 2 rings (SSSR count). The fraction of sp³-hybridized carbons (Fsp3) is 0.538. The van der Waals surface area contributed by atoms with Gasteiger partial charge < -0.3 is 10.1 Å². The number of methoxy groups -OCH3 is 1. The summed E-state index contributed by atoms with van der Waals surface area (Å²) in [7, 11) is 1.51. The van der Waals surface area contributed by atoms with Crippen LogP contribution < -0.4 is 10.1 Å². The number of halogens is 2. The van der Waals surface area contributed by atoms with Crippen molar-refractivity contribution in [3.63, 3.8) is 0 Å². The molecule has 0 radical (unpaired) electrons. The predicted octanol–water partition coefficient (Wildman–Crippen LogP) is 3.03. The maximum Gasteiger partial charge on any atom is 0.140 e. The average molecular weight is 258 g/mol. The van der Waals surface area contributed by atoms with E-state index in [1.54, 1.807) is 0 Å². The minimum atomic E-state index is -0.287.